The number of non-ortho nitro benzene ring substituents is 1. The van der Waals surface area contributed by atoms with Crippen molar-refractivity contribution in [2.24, 2.45) is 5.10 Å². The number of nitrogens with one attached hydrogen (secondary N) is 1. The van der Waals surface area contributed by atoms with Gasteiger partial charge in [-0.15, -0.1) is 0 Å². The molecule has 102 valence electrons. The maximum absolute atomic E-state index is 10.8. The molecule has 1 aliphatic heterocycles. The SMILES string of the molecule is CN/N=C/c1cc([N+](=O)[O-])ccc1N1CCOCC1. The van der Waals surface area contributed by atoms with E-state index in [0.29, 0.717) is 13.2 Å². The Bertz CT molecular complexity index is 484. The molecule has 1 saturated heterocycles. The number of hydrogen-bond acceptors (Lipinski definition) is 6. The van der Waals surface area contributed by atoms with Crippen LogP contribution >= 0.6 is 0 Å². The van der Waals surface area contributed by atoms with Gasteiger partial charge in [-0.25, -0.2) is 0 Å². The molecule has 0 aliphatic carbocycles. The van der Waals surface area contributed by atoms with E-state index in [2.05, 4.69) is 15.4 Å². The van der Waals surface area contributed by atoms with Crippen LogP contribution in [-0.4, -0.2) is 44.5 Å². The molecule has 1 aliphatic rings. The number of ether oxygens (including phenoxy) is 1. The molecule has 0 bridgehead atoms. The van der Waals surface area contributed by atoms with E-state index in [1.807, 2.05) is 0 Å². The first-order valence-electron chi connectivity index (χ1n) is 6.03. The number of hydrazone groups is 1. The largest absolute Gasteiger partial charge is 0.378 e. The maximum Gasteiger partial charge on any atom is 0.270 e. The molecular weight excluding hydrogens is 248 g/mol. The minimum Gasteiger partial charge on any atom is -0.378 e. The van der Waals surface area contributed by atoms with Crippen LogP contribution in [0.15, 0.2) is 23.3 Å². The molecular formula is C12H16N4O3. The van der Waals surface area contributed by atoms with Crippen LogP contribution in [0.1, 0.15) is 5.56 Å². The van der Waals surface area contributed by atoms with Gasteiger partial charge in [-0.2, -0.15) is 5.10 Å². The zero-order valence-corrected chi connectivity index (χ0v) is 10.7. The summed E-state index contributed by atoms with van der Waals surface area (Å²) in [6.45, 7) is 2.88. The average molecular weight is 264 g/mol. The Labute approximate surface area is 111 Å². The van der Waals surface area contributed by atoms with Gasteiger partial charge in [-0.3, -0.25) is 10.1 Å². The van der Waals surface area contributed by atoms with Gasteiger partial charge in [-0.1, -0.05) is 0 Å². The molecule has 0 amide bonds. The second-order valence-electron chi connectivity index (χ2n) is 4.08. The summed E-state index contributed by atoms with van der Waals surface area (Å²) in [5, 5.41) is 14.8. The van der Waals surface area contributed by atoms with E-state index < -0.39 is 4.92 Å². The number of morpholine rings is 1. The van der Waals surface area contributed by atoms with Crippen molar-refractivity contribution in [2.45, 2.75) is 0 Å². The molecule has 0 unspecified atom stereocenters. The van der Waals surface area contributed by atoms with Crippen LogP contribution in [0.4, 0.5) is 11.4 Å². The second kappa shape index (κ2) is 6.14. The number of rotatable bonds is 4. The fourth-order valence-corrected chi connectivity index (χ4v) is 1.99. The molecule has 0 atom stereocenters. The predicted octanol–water partition coefficient (Wildman–Crippen LogP) is 0.985. The van der Waals surface area contributed by atoms with Crippen molar-refractivity contribution < 1.29 is 9.66 Å². The Morgan fingerprint density at radius 1 is 1.47 bits per heavy atom. The summed E-state index contributed by atoms with van der Waals surface area (Å²) < 4.78 is 5.31. The predicted molar refractivity (Wildman–Crippen MR) is 72.8 cm³/mol. The monoisotopic (exact) mass is 264 g/mol. The number of nitro benzene ring substituents is 1. The third-order valence-corrected chi connectivity index (χ3v) is 2.91. The van der Waals surface area contributed by atoms with Gasteiger partial charge in [-0.05, 0) is 6.07 Å². The third-order valence-electron chi connectivity index (χ3n) is 2.91. The summed E-state index contributed by atoms with van der Waals surface area (Å²) in [5.74, 6) is 0. The van der Waals surface area contributed by atoms with Gasteiger partial charge in [0.15, 0.2) is 0 Å². The van der Waals surface area contributed by atoms with E-state index in [0.717, 1.165) is 24.3 Å². The topological polar surface area (TPSA) is 80.0 Å². The normalized spacial score (nSPS) is 15.7. The molecule has 0 saturated carbocycles. The number of nitrogens with zero attached hydrogens (tertiary/aromatic N) is 3. The lowest BCUT2D eigenvalue weighted by Gasteiger charge is -2.29. The molecule has 19 heavy (non-hydrogen) atoms. The molecule has 0 radical (unpaired) electrons. The van der Waals surface area contributed by atoms with E-state index in [9.17, 15) is 10.1 Å². The number of hydrogen-bond donors (Lipinski definition) is 1. The van der Waals surface area contributed by atoms with Gasteiger partial charge >= 0.3 is 0 Å². The lowest BCUT2D eigenvalue weighted by Crippen LogP contribution is -2.36. The van der Waals surface area contributed by atoms with Gasteiger partial charge in [0.1, 0.15) is 0 Å². The molecule has 7 nitrogen and oxygen atoms in total. The van der Waals surface area contributed by atoms with Gasteiger partial charge in [0.05, 0.1) is 24.4 Å². The smallest absolute Gasteiger partial charge is 0.270 e. The Kier molecular flexibility index (Phi) is 4.30. The summed E-state index contributed by atoms with van der Waals surface area (Å²) >= 11 is 0. The molecule has 1 fully saturated rings. The molecule has 1 aromatic rings. The molecule has 1 N–H and O–H groups in total. The molecule has 1 aromatic carbocycles. The highest BCUT2D eigenvalue weighted by Gasteiger charge is 2.17. The van der Waals surface area contributed by atoms with Gasteiger partial charge in [0, 0.05) is 43.5 Å². The zero-order chi connectivity index (χ0) is 13.7. The number of benzene rings is 1. The molecule has 0 aromatic heterocycles. The minimum absolute atomic E-state index is 0.0644. The Morgan fingerprint density at radius 3 is 2.84 bits per heavy atom. The van der Waals surface area contributed by atoms with Crippen molar-refractivity contribution >= 4 is 17.6 Å². The highest BCUT2D eigenvalue weighted by molar-refractivity contribution is 5.89. The van der Waals surface area contributed by atoms with Crippen LogP contribution in [0.2, 0.25) is 0 Å². The molecule has 2 rings (SSSR count). The van der Waals surface area contributed by atoms with Crippen LogP contribution in [0.3, 0.4) is 0 Å². The highest BCUT2D eigenvalue weighted by Crippen LogP contribution is 2.25. The van der Waals surface area contributed by atoms with Crippen molar-refractivity contribution in [1.82, 2.24) is 5.43 Å². The molecule has 0 spiro atoms. The van der Waals surface area contributed by atoms with Crippen molar-refractivity contribution in [3.63, 3.8) is 0 Å². The summed E-state index contributed by atoms with van der Waals surface area (Å²) in [4.78, 5) is 12.6. The average Bonchev–Trinajstić information content (AvgIpc) is 2.45. The Balaban J connectivity index is 2.34. The fourth-order valence-electron chi connectivity index (χ4n) is 1.99. The van der Waals surface area contributed by atoms with E-state index in [1.54, 1.807) is 19.3 Å². The van der Waals surface area contributed by atoms with Crippen LogP contribution in [0.25, 0.3) is 0 Å². The second-order valence-corrected chi connectivity index (χ2v) is 4.08. The highest BCUT2D eigenvalue weighted by atomic mass is 16.6. The first-order chi connectivity index (χ1) is 9.22. The van der Waals surface area contributed by atoms with Crippen LogP contribution in [-0.2, 0) is 4.74 Å². The lowest BCUT2D eigenvalue weighted by atomic mass is 10.1. The maximum atomic E-state index is 10.8. The fraction of sp³-hybridized carbons (Fsp3) is 0.417. The van der Waals surface area contributed by atoms with E-state index in [4.69, 9.17) is 4.74 Å². The number of nitro groups is 1. The molecule has 7 heteroatoms. The van der Waals surface area contributed by atoms with Crippen LogP contribution in [0.5, 0.6) is 0 Å². The summed E-state index contributed by atoms with van der Waals surface area (Å²) in [6, 6.07) is 4.81. The van der Waals surface area contributed by atoms with E-state index in [1.165, 1.54) is 12.1 Å². The summed E-state index contributed by atoms with van der Waals surface area (Å²) in [6.07, 6.45) is 1.60. The van der Waals surface area contributed by atoms with Gasteiger partial charge in [0.25, 0.3) is 5.69 Å². The van der Waals surface area contributed by atoms with Gasteiger partial charge < -0.3 is 15.1 Å². The summed E-state index contributed by atoms with van der Waals surface area (Å²) in [7, 11) is 1.68. The first-order valence-corrected chi connectivity index (χ1v) is 6.03. The number of anilines is 1. The van der Waals surface area contributed by atoms with Crippen LogP contribution in [0, 0.1) is 10.1 Å². The Morgan fingerprint density at radius 2 is 2.21 bits per heavy atom. The standard InChI is InChI=1S/C12H16N4O3/c1-13-14-9-10-8-11(16(17)18)2-3-12(10)15-4-6-19-7-5-15/h2-3,8-9,13H,4-7H2,1H3/b14-9+. The van der Waals surface area contributed by atoms with E-state index in [-0.39, 0.29) is 5.69 Å². The Hall–Kier alpha value is -2.15. The van der Waals surface area contributed by atoms with Crippen LogP contribution < -0.4 is 10.3 Å². The molecule has 1 heterocycles. The summed E-state index contributed by atoms with van der Waals surface area (Å²) in [5.41, 5.74) is 4.38. The minimum atomic E-state index is -0.403. The third kappa shape index (κ3) is 3.19. The van der Waals surface area contributed by atoms with Crippen molar-refractivity contribution in [3.8, 4) is 0 Å². The van der Waals surface area contributed by atoms with Crippen molar-refractivity contribution in [1.29, 1.82) is 0 Å². The quantitative estimate of drug-likeness (QED) is 0.498. The first kappa shape index (κ1) is 13.3. The zero-order valence-electron chi connectivity index (χ0n) is 10.7. The van der Waals surface area contributed by atoms with Gasteiger partial charge in [0.2, 0.25) is 0 Å². The van der Waals surface area contributed by atoms with Crippen molar-refractivity contribution in [2.75, 3.05) is 38.3 Å². The lowest BCUT2D eigenvalue weighted by molar-refractivity contribution is -0.384. The van der Waals surface area contributed by atoms with Crippen molar-refractivity contribution in [3.05, 3.63) is 33.9 Å². The van der Waals surface area contributed by atoms with E-state index >= 15 is 0 Å².